The summed E-state index contributed by atoms with van der Waals surface area (Å²) in [6.07, 6.45) is 0. The molecule has 0 unspecified atom stereocenters. The number of rotatable bonds is 6. The Bertz CT molecular complexity index is 2030. The van der Waals surface area contributed by atoms with Crippen LogP contribution in [0.25, 0.3) is 31.3 Å². The SMILES string of the molecule is CC(C)(C)c1ccc(N(c2cccc(Nc3ccc4sc5ccccc5c4c3)c2)c2ccccc2-c2ccccc2)cc1. The number of thiophene rings is 1. The number of para-hydroxylation sites is 1. The number of fused-ring (bicyclic) bond motifs is 3. The van der Waals surface area contributed by atoms with Crippen molar-refractivity contribution in [3.05, 3.63) is 151 Å². The first-order valence-electron chi connectivity index (χ1n) is 14.8. The maximum Gasteiger partial charge on any atom is 0.0540 e. The Kier molecular flexibility index (Phi) is 6.96. The lowest BCUT2D eigenvalue weighted by Crippen LogP contribution is -2.14. The normalized spacial score (nSPS) is 11.6. The van der Waals surface area contributed by atoms with Crippen molar-refractivity contribution in [3.63, 3.8) is 0 Å². The van der Waals surface area contributed by atoms with Gasteiger partial charge in [-0.1, -0.05) is 106 Å². The first-order valence-corrected chi connectivity index (χ1v) is 15.6. The fourth-order valence-corrected chi connectivity index (χ4v) is 6.85. The molecule has 3 heteroatoms. The Morgan fingerprint density at radius 1 is 0.535 bits per heavy atom. The molecule has 1 N–H and O–H groups in total. The summed E-state index contributed by atoms with van der Waals surface area (Å²) in [5.41, 5.74) is 9.28. The second kappa shape index (κ2) is 11.1. The molecule has 0 bridgehead atoms. The minimum absolute atomic E-state index is 0.0873. The summed E-state index contributed by atoms with van der Waals surface area (Å²) < 4.78 is 2.63. The third-order valence-electron chi connectivity index (χ3n) is 7.99. The van der Waals surface area contributed by atoms with Gasteiger partial charge in [0.1, 0.15) is 0 Å². The van der Waals surface area contributed by atoms with Crippen molar-refractivity contribution in [1.82, 2.24) is 0 Å². The minimum atomic E-state index is 0.0873. The van der Waals surface area contributed by atoms with Crippen molar-refractivity contribution in [2.75, 3.05) is 10.2 Å². The van der Waals surface area contributed by atoms with E-state index in [-0.39, 0.29) is 5.41 Å². The van der Waals surface area contributed by atoms with Crippen molar-refractivity contribution >= 4 is 59.9 Å². The van der Waals surface area contributed by atoms with Gasteiger partial charge < -0.3 is 10.2 Å². The average molecular weight is 575 g/mol. The summed E-state index contributed by atoms with van der Waals surface area (Å²) in [7, 11) is 0. The van der Waals surface area contributed by atoms with Crippen LogP contribution in [0.15, 0.2) is 146 Å². The van der Waals surface area contributed by atoms with Crippen LogP contribution < -0.4 is 10.2 Å². The highest BCUT2D eigenvalue weighted by atomic mass is 32.1. The van der Waals surface area contributed by atoms with E-state index in [2.05, 4.69) is 177 Å². The van der Waals surface area contributed by atoms with Gasteiger partial charge in [-0.2, -0.15) is 0 Å². The number of hydrogen-bond donors (Lipinski definition) is 1. The van der Waals surface area contributed by atoms with Crippen molar-refractivity contribution < 1.29 is 0 Å². The zero-order valence-corrected chi connectivity index (χ0v) is 25.5. The van der Waals surface area contributed by atoms with E-state index in [4.69, 9.17) is 0 Å². The topological polar surface area (TPSA) is 15.3 Å². The van der Waals surface area contributed by atoms with Crippen molar-refractivity contribution in [2.24, 2.45) is 0 Å². The number of nitrogens with one attached hydrogen (secondary N) is 1. The molecule has 43 heavy (non-hydrogen) atoms. The number of benzene rings is 6. The van der Waals surface area contributed by atoms with Gasteiger partial charge in [-0.15, -0.1) is 11.3 Å². The zero-order valence-electron chi connectivity index (χ0n) is 24.7. The predicted molar refractivity (Wildman–Crippen MR) is 188 cm³/mol. The van der Waals surface area contributed by atoms with E-state index < -0.39 is 0 Å². The van der Waals surface area contributed by atoms with Crippen LogP contribution in [0.1, 0.15) is 26.3 Å². The lowest BCUT2D eigenvalue weighted by Gasteiger charge is -2.29. The molecule has 0 amide bonds. The molecule has 6 aromatic carbocycles. The molecular formula is C40H34N2S. The smallest absolute Gasteiger partial charge is 0.0540 e. The minimum Gasteiger partial charge on any atom is -0.355 e. The molecule has 0 saturated heterocycles. The van der Waals surface area contributed by atoms with Gasteiger partial charge in [0.2, 0.25) is 0 Å². The van der Waals surface area contributed by atoms with E-state index in [1.165, 1.54) is 36.9 Å². The molecule has 1 heterocycles. The molecule has 0 fully saturated rings. The van der Waals surface area contributed by atoms with Gasteiger partial charge in [0, 0.05) is 48.5 Å². The molecular weight excluding hydrogens is 541 g/mol. The summed E-state index contributed by atoms with van der Waals surface area (Å²) in [5, 5.41) is 6.30. The van der Waals surface area contributed by atoms with Gasteiger partial charge in [-0.05, 0) is 77.2 Å². The zero-order chi connectivity index (χ0) is 29.4. The van der Waals surface area contributed by atoms with Crippen LogP contribution in [-0.4, -0.2) is 0 Å². The Balaban J connectivity index is 1.32. The highest BCUT2D eigenvalue weighted by Gasteiger charge is 2.19. The van der Waals surface area contributed by atoms with Crippen molar-refractivity contribution in [2.45, 2.75) is 26.2 Å². The first-order chi connectivity index (χ1) is 20.9. The van der Waals surface area contributed by atoms with Crippen LogP contribution in [0.3, 0.4) is 0 Å². The van der Waals surface area contributed by atoms with E-state index >= 15 is 0 Å². The van der Waals surface area contributed by atoms with Crippen LogP contribution in [-0.2, 0) is 5.41 Å². The highest BCUT2D eigenvalue weighted by Crippen LogP contribution is 2.42. The van der Waals surface area contributed by atoms with E-state index in [1.807, 2.05) is 11.3 Å². The van der Waals surface area contributed by atoms with Gasteiger partial charge >= 0.3 is 0 Å². The number of hydrogen-bond acceptors (Lipinski definition) is 3. The third-order valence-corrected chi connectivity index (χ3v) is 9.14. The number of nitrogens with zero attached hydrogens (tertiary/aromatic N) is 1. The Hall–Kier alpha value is -4.86. The molecule has 0 radical (unpaired) electrons. The largest absolute Gasteiger partial charge is 0.355 e. The van der Waals surface area contributed by atoms with Crippen molar-refractivity contribution in [1.29, 1.82) is 0 Å². The summed E-state index contributed by atoms with van der Waals surface area (Å²) >= 11 is 1.85. The summed E-state index contributed by atoms with van der Waals surface area (Å²) in [6.45, 7) is 6.78. The second-order valence-corrected chi connectivity index (χ2v) is 13.1. The van der Waals surface area contributed by atoms with Crippen LogP contribution in [0.4, 0.5) is 28.4 Å². The lowest BCUT2D eigenvalue weighted by molar-refractivity contribution is 0.590. The van der Waals surface area contributed by atoms with E-state index in [9.17, 15) is 0 Å². The quantitative estimate of drug-likeness (QED) is 0.212. The second-order valence-electron chi connectivity index (χ2n) is 12.0. The van der Waals surface area contributed by atoms with Crippen LogP contribution in [0.5, 0.6) is 0 Å². The Labute approximate surface area is 257 Å². The molecule has 0 spiro atoms. The Morgan fingerprint density at radius 2 is 1.23 bits per heavy atom. The third kappa shape index (κ3) is 5.40. The molecule has 0 aliphatic carbocycles. The fourth-order valence-electron chi connectivity index (χ4n) is 5.76. The maximum absolute atomic E-state index is 3.70. The average Bonchev–Trinajstić information content (AvgIpc) is 3.40. The first kappa shape index (κ1) is 27.0. The van der Waals surface area contributed by atoms with Gasteiger partial charge in [0.25, 0.3) is 0 Å². The van der Waals surface area contributed by atoms with Crippen molar-refractivity contribution in [3.8, 4) is 11.1 Å². The monoisotopic (exact) mass is 574 g/mol. The molecule has 210 valence electrons. The van der Waals surface area contributed by atoms with Gasteiger partial charge in [-0.25, -0.2) is 0 Å². The summed E-state index contributed by atoms with van der Waals surface area (Å²) in [4.78, 5) is 2.37. The van der Waals surface area contributed by atoms with Gasteiger partial charge in [-0.3, -0.25) is 0 Å². The summed E-state index contributed by atoms with van der Waals surface area (Å²) in [5.74, 6) is 0. The van der Waals surface area contributed by atoms with Crippen LogP contribution in [0, 0.1) is 0 Å². The maximum atomic E-state index is 3.70. The molecule has 2 nitrogen and oxygen atoms in total. The fraction of sp³-hybridized carbons (Fsp3) is 0.100. The lowest BCUT2D eigenvalue weighted by atomic mass is 9.87. The molecule has 0 aliphatic rings. The highest BCUT2D eigenvalue weighted by molar-refractivity contribution is 7.25. The number of anilines is 5. The molecule has 0 saturated carbocycles. The standard InChI is InChI=1S/C40H34N2S/c1-40(2,3)29-20-23-32(24-21-29)42(37-18-9-7-16-34(37)28-12-5-4-6-13-28)33-15-11-14-30(26-33)41-31-22-25-39-36(27-31)35-17-8-10-19-38(35)43-39/h4-27,41H,1-3H3. The summed E-state index contributed by atoms with van der Waals surface area (Å²) in [6, 6.07) is 52.4. The molecule has 7 aromatic rings. The van der Waals surface area contributed by atoms with E-state index in [0.717, 1.165) is 28.4 Å². The van der Waals surface area contributed by atoms with Crippen LogP contribution >= 0.6 is 11.3 Å². The van der Waals surface area contributed by atoms with Gasteiger partial charge in [0.15, 0.2) is 0 Å². The van der Waals surface area contributed by atoms with E-state index in [0.29, 0.717) is 0 Å². The van der Waals surface area contributed by atoms with Gasteiger partial charge in [0.05, 0.1) is 5.69 Å². The predicted octanol–water partition coefficient (Wildman–Crippen LogP) is 12.2. The molecule has 0 atom stereocenters. The van der Waals surface area contributed by atoms with E-state index in [1.54, 1.807) is 0 Å². The molecule has 0 aliphatic heterocycles. The molecule has 7 rings (SSSR count). The molecule has 1 aromatic heterocycles. The Morgan fingerprint density at radius 3 is 2.05 bits per heavy atom. The van der Waals surface area contributed by atoms with Crippen LogP contribution in [0.2, 0.25) is 0 Å².